The van der Waals surface area contributed by atoms with E-state index in [-0.39, 0.29) is 17.7 Å². The lowest BCUT2D eigenvalue weighted by Gasteiger charge is -2.37. The molecule has 2 saturated heterocycles. The van der Waals surface area contributed by atoms with Gasteiger partial charge in [0.15, 0.2) is 5.65 Å². The van der Waals surface area contributed by atoms with E-state index in [9.17, 15) is 9.59 Å². The first-order chi connectivity index (χ1) is 15.6. The van der Waals surface area contributed by atoms with Gasteiger partial charge in [0.05, 0.1) is 5.92 Å². The van der Waals surface area contributed by atoms with E-state index in [0.29, 0.717) is 18.0 Å². The van der Waals surface area contributed by atoms with E-state index in [1.54, 1.807) is 0 Å². The van der Waals surface area contributed by atoms with Crippen LogP contribution >= 0.6 is 0 Å². The summed E-state index contributed by atoms with van der Waals surface area (Å²) in [6.45, 7) is 4.71. The second-order valence-electron chi connectivity index (χ2n) is 9.04. The maximum Gasteiger partial charge on any atom is 0.253 e. The van der Waals surface area contributed by atoms with Crippen LogP contribution < -0.4 is 0 Å². The van der Waals surface area contributed by atoms with Crippen molar-refractivity contribution in [3.63, 3.8) is 0 Å². The van der Waals surface area contributed by atoms with Gasteiger partial charge >= 0.3 is 0 Å². The Morgan fingerprint density at radius 3 is 2.47 bits per heavy atom. The minimum atomic E-state index is -0.108. The fourth-order valence-electron chi connectivity index (χ4n) is 5.00. The second-order valence-corrected chi connectivity index (χ2v) is 9.04. The molecule has 166 valence electrons. The van der Waals surface area contributed by atoms with Gasteiger partial charge in [-0.25, -0.2) is 0 Å². The summed E-state index contributed by atoms with van der Waals surface area (Å²) in [5, 5.41) is 8.68. The van der Waals surface area contributed by atoms with Crippen LogP contribution in [0.25, 0.3) is 5.65 Å². The summed E-state index contributed by atoms with van der Waals surface area (Å²) in [4.78, 5) is 30.0. The topological polar surface area (TPSA) is 70.8 Å². The summed E-state index contributed by atoms with van der Waals surface area (Å²) in [6.07, 6.45) is 5.51. The molecule has 4 heterocycles. The summed E-state index contributed by atoms with van der Waals surface area (Å²) in [7, 11) is 0. The Morgan fingerprint density at radius 2 is 1.69 bits per heavy atom. The summed E-state index contributed by atoms with van der Waals surface area (Å²) in [5.74, 6) is 1.40. The zero-order valence-electron chi connectivity index (χ0n) is 18.5. The SMILES string of the molecule is Cc1ccc(C(=O)N2CCCC(C(=O)N3CCC(c4nnc5ccccn45)CC3)C2)cc1. The maximum absolute atomic E-state index is 13.3. The predicted octanol–water partition coefficient (Wildman–Crippen LogP) is 3.30. The number of aryl methyl sites for hydroxylation is 1. The molecule has 1 unspecified atom stereocenters. The summed E-state index contributed by atoms with van der Waals surface area (Å²) in [5.41, 5.74) is 2.70. The zero-order chi connectivity index (χ0) is 22.1. The number of carbonyl (C=O) groups excluding carboxylic acids is 2. The molecule has 5 rings (SSSR count). The number of piperidine rings is 2. The number of nitrogens with zero attached hydrogens (tertiary/aromatic N) is 5. The number of hydrogen-bond acceptors (Lipinski definition) is 4. The van der Waals surface area contributed by atoms with Gasteiger partial charge in [-0.15, -0.1) is 10.2 Å². The number of benzene rings is 1. The Bertz CT molecular complexity index is 1110. The molecule has 2 amide bonds. The molecule has 32 heavy (non-hydrogen) atoms. The van der Waals surface area contributed by atoms with Crippen LogP contribution in [0.5, 0.6) is 0 Å². The first-order valence-corrected chi connectivity index (χ1v) is 11.5. The van der Waals surface area contributed by atoms with E-state index >= 15 is 0 Å². The first kappa shape index (κ1) is 20.7. The highest BCUT2D eigenvalue weighted by Gasteiger charge is 2.34. The molecule has 0 radical (unpaired) electrons. The minimum Gasteiger partial charge on any atom is -0.342 e. The van der Waals surface area contributed by atoms with Gasteiger partial charge in [-0.1, -0.05) is 23.8 Å². The second kappa shape index (κ2) is 8.73. The van der Waals surface area contributed by atoms with Crippen molar-refractivity contribution in [1.82, 2.24) is 24.4 Å². The molecule has 2 aliphatic rings. The van der Waals surface area contributed by atoms with E-state index in [2.05, 4.69) is 14.6 Å². The third kappa shape index (κ3) is 3.99. The third-order valence-electron chi connectivity index (χ3n) is 6.87. The molecule has 2 aliphatic heterocycles. The molecule has 0 saturated carbocycles. The summed E-state index contributed by atoms with van der Waals surface area (Å²) < 4.78 is 2.05. The van der Waals surface area contributed by atoms with Crippen LogP contribution in [0.1, 0.15) is 53.3 Å². The fraction of sp³-hybridized carbons (Fsp3) is 0.440. The quantitative estimate of drug-likeness (QED) is 0.638. The number of hydrogen-bond donors (Lipinski definition) is 0. The number of fused-ring (bicyclic) bond motifs is 1. The normalized spacial score (nSPS) is 20.0. The average molecular weight is 432 g/mol. The van der Waals surface area contributed by atoms with Crippen LogP contribution in [0.2, 0.25) is 0 Å². The van der Waals surface area contributed by atoms with Crippen LogP contribution in [-0.2, 0) is 4.79 Å². The number of aromatic nitrogens is 3. The van der Waals surface area contributed by atoms with Gasteiger partial charge in [0.2, 0.25) is 5.91 Å². The van der Waals surface area contributed by atoms with E-state index < -0.39 is 0 Å². The minimum absolute atomic E-state index is 0.0277. The monoisotopic (exact) mass is 431 g/mol. The molecule has 0 bridgehead atoms. The number of amides is 2. The molecule has 0 N–H and O–H groups in total. The lowest BCUT2D eigenvalue weighted by atomic mass is 9.92. The van der Waals surface area contributed by atoms with Gasteiger partial charge in [0.25, 0.3) is 5.91 Å². The van der Waals surface area contributed by atoms with Gasteiger partial charge in [0.1, 0.15) is 5.82 Å². The number of rotatable bonds is 3. The summed E-state index contributed by atoms with van der Waals surface area (Å²) in [6, 6.07) is 13.6. The molecular weight excluding hydrogens is 402 g/mol. The highest BCUT2D eigenvalue weighted by atomic mass is 16.2. The van der Waals surface area contributed by atoms with Crippen LogP contribution in [0.4, 0.5) is 0 Å². The van der Waals surface area contributed by atoms with Crippen LogP contribution in [0, 0.1) is 12.8 Å². The standard InChI is InChI=1S/C25H29N5O2/c1-18-7-9-20(10-8-18)24(31)29-13-4-5-21(17-29)25(32)28-15-11-19(12-16-28)23-27-26-22-6-2-3-14-30(22)23/h2-3,6-10,14,19,21H,4-5,11-13,15-17H2,1H3. The number of carbonyl (C=O) groups is 2. The van der Waals surface area contributed by atoms with Crippen molar-refractivity contribution in [3.05, 3.63) is 65.6 Å². The first-order valence-electron chi connectivity index (χ1n) is 11.5. The van der Waals surface area contributed by atoms with Crippen LogP contribution in [0.15, 0.2) is 48.7 Å². The van der Waals surface area contributed by atoms with Crippen molar-refractivity contribution in [2.45, 2.75) is 38.5 Å². The fourth-order valence-corrected chi connectivity index (χ4v) is 5.00. The van der Waals surface area contributed by atoms with E-state index in [0.717, 1.165) is 62.4 Å². The number of pyridine rings is 1. The van der Waals surface area contributed by atoms with E-state index in [1.165, 1.54) is 0 Å². The summed E-state index contributed by atoms with van der Waals surface area (Å²) >= 11 is 0. The third-order valence-corrected chi connectivity index (χ3v) is 6.87. The number of likely N-dealkylation sites (tertiary alicyclic amines) is 2. The average Bonchev–Trinajstić information content (AvgIpc) is 3.28. The van der Waals surface area contributed by atoms with Gasteiger partial charge in [-0.05, 0) is 56.9 Å². The smallest absolute Gasteiger partial charge is 0.253 e. The predicted molar refractivity (Wildman–Crippen MR) is 121 cm³/mol. The molecule has 2 fully saturated rings. The zero-order valence-corrected chi connectivity index (χ0v) is 18.5. The molecule has 3 aromatic rings. The molecule has 0 aliphatic carbocycles. The van der Waals surface area contributed by atoms with Crippen molar-refractivity contribution < 1.29 is 9.59 Å². The van der Waals surface area contributed by atoms with Crippen molar-refractivity contribution in [3.8, 4) is 0 Å². The lowest BCUT2D eigenvalue weighted by molar-refractivity contribution is -0.138. The van der Waals surface area contributed by atoms with Crippen LogP contribution in [0.3, 0.4) is 0 Å². The van der Waals surface area contributed by atoms with Crippen LogP contribution in [-0.4, -0.2) is 62.4 Å². The van der Waals surface area contributed by atoms with Crippen molar-refractivity contribution in [2.75, 3.05) is 26.2 Å². The van der Waals surface area contributed by atoms with Crippen molar-refractivity contribution in [2.24, 2.45) is 5.92 Å². The van der Waals surface area contributed by atoms with Gasteiger partial charge in [0, 0.05) is 43.9 Å². The van der Waals surface area contributed by atoms with Gasteiger partial charge < -0.3 is 9.80 Å². The van der Waals surface area contributed by atoms with Gasteiger partial charge in [-0.3, -0.25) is 14.0 Å². The van der Waals surface area contributed by atoms with Gasteiger partial charge in [-0.2, -0.15) is 0 Å². The molecular formula is C25H29N5O2. The van der Waals surface area contributed by atoms with E-state index in [4.69, 9.17) is 0 Å². The Labute approximate surface area is 188 Å². The molecule has 7 heteroatoms. The Balaban J connectivity index is 1.20. The Kier molecular flexibility index (Phi) is 5.64. The molecule has 1 aromatic carbocycles. The molecule has 0 spiro atoms. The van der Waals surface area contributed by atoms with Crippen molar-refractivity contribution in [1.29, 1.82) is 0 Å². The maximum atomic E-state index is 13.3. The Morgan fingerprint density at radius 1 is 0.906 bits per heavy atom. The lowest BCUT2D eigenvalue weighted by Crippen LogP contribution is -2.48. The van der Waals surface area contributed by atoms with E-state index in [1.807, 2.05) is 65.4 Å². The molecule has 1 atom stereocenters. The largest absolute Gasteiger partial charge is 0.342 e. The Hall–Kier alpha value is -3.22. The molecule has 2 aromatic heterocycles. The molecule has 7 nitrogen and oxygen atoms in total. The van der Waals surface area contributed by atoms with Crippen molar-refractivity contribution >= 4 is 17.5 Å². The highest BCUT2D eigenvalue weighted by Crippen LogP contribution is 2.29. The highest BCUT2D eigenvalue weighted by molar-refractivity contribution is 5.94.